The Morgan fingerprint density at radius 2 is 2.06 bits per heavy atom. The Morgan fingerprint density at radius 1 is 1.25 bits per heavy atom. The summed E-state index contributed by atoms with van der Waals surface area (Å²) < 4.78 is 5.08. The van der Waals surface area contributed by atoms with E-state index in [-0.39, 0.29) is 6.61 Å². The summed E-state index contributed by atoms with van der Waals surface area (Å²) in [5, 5.41) is 1.16. The topological polar surface area (TPSA) is 43.6 Å². The van der Waals surface area contributed by atoms with E-state index in [1.54, 1.807) is 18.4 Å². The van der Waals surface area contributed by atoms with Crippen LogP contribution in [-0.2, 0) is 11.3 Å². The largest absolute Gasteiger partial charge is 0.443 e. The first-order valence-corrected chi connectivity index (χ1v) is 4.90. The summed E-state index contributed by atoms with van der Waals surface area (Å²) in [5.74, 6) is 0. The molecular weight excluding hydrogens is 204 g/mol. The molecule has 4 heteroatoms. The lowest BCUT2D eigenvalue weighted by molar-refractivity contribution is 0.1000. The summed E-state index contributed by atoms with van der Waals surface area (Å²) in [5.41, 5.74) is 4.78. The van der Waals surface area contributed by atoms with Crippen molar-refractivity contribution < 1.29 is 9.53 Å². The highest BCUT2D eigenvalue weighted by Gasteiger charge is 2.13. The van der Waals surface area contributed by atoms with E-state index >= 15 is 0 Å². The molecule has 0 N–H and O–H groups in total. The molecule has 0 aliphatic carbocycles. The fourth-order valence-corrected chi connectivity index (χ4v) is 1.22. The van der Waals surface area contributed by atoms with Gasteiger partial charge in [-0.05, 0) is 17.7 Å². The number of benzene rings is 1. The standard InChI is InChI=1S/C12H11N2O2/c15-12(14-9-5-4-8-13-14)16-10-11-6-2-1-3-7-11/h1-9H,10H2. The van der Waals surface area contributed by atoms with Crippen molar-refractivity contribution in [2.45, 2.75) is 6.61 Å². The third-order valence-electron chi connectivity index (χ3n) is 2.01. The predicted octanol–water partition coefficient (Wildman–Crippen LogP) is 2.19. The van der Waals surface area contributed by atoms with Crippen LogP contribution < -0.4 is 5.43 Å². The van der Waals surface area contributed by atoms with Crippen LogP contribution in [0.5, 0.6) is 0 Å². The van der Waals surface area contributed by atoms with Crippen LogP contribution in [-0.4, -0.2) is 11.1 Å². The van der Waals surface area contributed by atoms with Gasteiger partial charge in [0.25, 0.3) is 0 Å². The molecule has 1 aliphatic rings. The van der Waals surface area contributed by atoms with Gasteiger partial charge in [-0.15, -0.1) is 0 Å². The Kier molecular flexibility index (Phi) is 3.23. The molecule has 1 aromatic carbocycles. The Hall–Kier alpha value is -2.23. The maximum atomic E-state index is 11.5. The third kappa shape index (κ3) is 2.63. The highest BCUT2D eigenvalue weighted by Crippen LogP contribution is 2.04. The maximum absolute atomic E-state index is 11.5. The van der Waals surface area contributed by atoms with E-state index in [9.17, 15) is 4.79 Å². The smallest absolute Gasteiger partial charge is 0.434 e. The second kappa shape index (κ2) is 5.02. The van der Waals surface area contributed by atoms with Gasteiger partial charge in [0.1, 0.15) is 6.61 Å². The van der Waals surface area contributed by atoms with E-state index in [1.165, 1.54) is 6.20 Å². The average Bonchev–Trinajstić information content (AvgIpc) is 2.38. The van der Waals surface area contributed by atoms with Crippen molar-refractivity contribution in [3.63, 3.8) is 0 Å². The number of rotatable bonds is 2. The first-order valence-electron chi connectivity index (χ1n) is 4.90. The molecule has 81 valence electrons. The molecule has 1 aromatic rings. The molecular formula is C12H11N2O2. The van der Waals surface area contributed by atoms with Crippen LogP contribution in [0.25, 0.3) is 0 Å². The SMILES string of the molecule is O=C(OCc1ccccc1)N1C=CC=C[N]1. The zero-order valence-electron chi connectivity index (χ0n) is 8.61. The van der Waals surface area contributed by atoms with Gasteiger partial charge in [-0.2, -0.15) is 10.4 Å². The molecule has 0 saturated heterocycles. The number of carbonyl (C=O) groups is 1. The lowest BCUT2D eigenvalue weighted by Gasteiger charge is -2.16. The summed E-state index contributed by atoms with van der Waals surface area (Å²) in [4.78, 5) is 11.5. The van der Waals surface area contributed by atoms with E-state index < -0.39 is 6.09 Å². The lowest BCUT2D eigenvalue weighted by Crippen LogP contribution is -2.31. The van der Waals surface area contributed by atoms with E-state index in [4.69, 9.17) is 4.74 Å². The zero-order chi connectivity index (χ0) is 11.2. The van der Waals surface area contributed by atoms with Crippen molar-refractivity contribution >= 4 is 6.09 Å². The maximum Gasteiger partial charge on any atom is 0.434 e. The monoisotopic (exact) mass is 215 g/mol. The first-order chi connectivity index (χ1) is 7.86. The number of carbonyl (C=O) groups excluding carboxylic acids is 1. The number of hydrogen-bond acceptors (Lipinski definition) is 2. The molecule has 0 unspecified atom stereocenters. The lowest BCUT2D eigenvalue weighted by atomic mass is 10.2. The van der Waals surface area contributed by atoms with Crippen molar-refractivity contribution in [3.05, 3.63) is 60.4 Å². The number of nitrogens with zero attached hydrogens (tertiary/aromatic N) is 2. The first kappa shape index (κ1) is 10.3. The van der Waals surface area contributed by atoms with Gasteiger partial charge in [-0.3, -0.25) is 0 Å². The second-order valence-corrected chi connectivity index (χ2v) is 3.18. The molecule has 0 aromatic heterocycles. The summed E-state index contributed by atoms with van der Waals surface area (Å²) in [6.45, 7) is 0.253. The minimum Gasteiger partial charge on any atom is -0.443 e. The molecule has 2 rings (SSSR count). The summed E-state index contributed by atoms with van der Waals surface area (Å²) >= 11 is 0. The Morgan fingerprint density at radius 3 is 2.75 bits per heavy atom. The molecule has 16 heavy (non-hydrogen) atoms. The van der Waals surface area contributed by atoms with Crippen molar-refractivity contribution in [2.75, 3.05) is 0 Å². The fraction of sp³-hybridized carbons (Fsp3) is 0.0833. The quantitative estimate of drug-likeness (QED) is 0.759. The van der Waals surface area contributed by atoms with Gasteiger partial charge in [0.15, 0.2) is 0 Å². The fourth-order valence-electron chi connectivity index (χ4n) is 1.22. The summed E-state index contributed by atoms with van der Waals surface area (Å²) in [6.07, 6.45) is 6.05. The van der Waals surface area contributed by atoms with Gasteiger partial charge in [-0.25, -0.2) is 4.79 Å². The highest BCUT2D eigenvalue weighted by atomic mass is 16.6. The van der Waals surface area contributed by atoms with Crippen molar-refractivity contribution in [1.29, 1.82) is 0 Å². The highest BCUT2D eigenvalue weighted by molar-refractivity contribution is 5.68. The van der Waals surface area contributed by atoms with E-state index in [2.05, 4.69) is 5.43 Å². The van der Waals surface area contributed by atoms with Crippen molar-refractivity contribution in [1.82, 2.24) is 10.4 Å². The van der Waals surface area contributed by atoms with Gasteiger partial charge in [-0.1, -0.05) is 30.3 Å². The number of amides is 1. The molecule has 1 amide bonds. The van der Waals surface area contributed by atoms with E-state index in [1.807, 2.05) is 30.3 Å². The summed E-state index contributed by atoms with van der Waals surface area (Å²) in [7, 11) is 0. The average molecular weight is 215 g/mol. The molecule has 0 spiro atoms. The number of allylic oxidation sites excluding steroid dienone is 2. The molecule has 0 atom stereocenters. The van der Waals surface area contributed by atoms with Crippen LogP contribution in [0.15, 0.2) is 54.9 Å². The van der Waals surface area contributed by atoms with E-state index in [0.717, 1.165) is 10.6 Å². The van der Waals surface area contributed by atoms with Crippen LogP contribution in [0, 0.1) is 0 Å². The number of ether oxygens (including phenoxy) is 1. The zero-order valence-corrected chi connectivity index (χ0v) is 8.61. The molecule has 1 aliphatic heterocycles. The predicted molar refractivity (Wildman–Crippen MR) is 58.9 cm³/mol. The van der Waals surface area contributed by atoms with Crippen LogP contribution >= 0.6 is 0 Å². The van der Waals surface area contributed by atoms with E-state index in [0.29, 0.717) is 0 Å². The van der Waals surface area contributed by atoms with Crippen molar-refractivity contribution in [3.8, 4) is 0 Å². The van der Waals surface area contributed by atoms with Crippen molar-refractivity contribution in [2.24, 2.45) is 0 Å². The Bertz CT molecular complexity index is 412. The van der Waals surface area contributed by atoms with Crippen LogP contribution in [0.4, 0.5) is 4.79 Å². The Balaban J connectivity index is 1.84. The molecule has 0 bridgehead atoms. The minimum absolute atomic E-state index is 0.253. The molecule has 4 nitrogen and oxygen atoms in total. The van der Waals surface area contributed by atoms with Gasteiger partial charge >= 0.3 is 6.09 Å². The van der Waals surface area contributed by atoms with Gasteiger partial charge in [0.2, 0.25) is 0 Å². The van der Waals surface area contributed by atoms with Gasteiger partial charge in [0, 0.05) is 12.4 Å². The molecule has 0 saturated carbocycles. The van der Waals surface area contributed by atoms with Gasteiger partial charge in [0.05, 0.1) is 0 Å². The normalized spacial score (nSPS) is 13.4. The Labute approximate surface area is 93.8 Å². The van der Waals surface area contributed by atoms with Crippen LogP contribution in [0.1, 0.15) is 5.56 Å². The third-order valence-corrected chi connectivity index (χ3v) is 2.01. The minimum atomic E-state index is -0.482. The molecule has 1 heterocycles. The number of hydrogen-bond donors (Lipinski definition) is 0. The van der Waals surface area contributed by atoms with Gasteiger partial charge < -0.3 is 4.74 Å². The molecule has 0 fully saturated rings. The molecule has 1 radical (unpaired) electrons. The van der Waals surface area contributed by atoms with Crippen LogP contribution in [0.3, 0.4) is 0 Å². The second-order valence-electron chi connectivity index (χ2n) is 3.18. The summed E-state index contributed by atoms with van der Waals surface area (Å²) in [6, 6.07) is 9.51. The van der Waals surface area contributed by atoms with Crippen LogP contribution in [0.2, 0.25) is 0 Å².